The second-order valence-electron chi connectivity index (χ2n) is 2.88. The first-order valence-electron chi connectivity index (χ1n) is 3.95. The number of benzene rings is 1. The van der Waals surface area contributed by atoms with Gasteiger partial charge in [-0.3, -0.25) is 0 Å². The molecule has 78 valence electrons. The van der Waals surface area contributed by atoms with Gasteiger partial charge in [0.2, 0.25) is 5.91 Å². The minimum atomic E-state index is -3.81. The van der Waals surface area contributed by atoms with Gasteiger partial charge in [0.1, 0.15) is 5.75 Å². The van der Waals surface area contributed by atoms with Gasteiger partial charge in [0.05, 0.1) is 0 Å². The van der Waals surface area contributed by atoms with E-state index in [4.69, 9.17) is 0 Å². The zero-order valence-electron chi connectivity index (χ0n) is 7.51. The third-order valence-corrected chi connectivity index (χ3v) is 1.98. The summed E-state index contributed by atoms with van der Waals surface area (Å²) in [4.78, 5) is 0. The fourth-order valence-corrected chi connectivity index (χ4v) is 0.888. The van der Waals surface area contributed by atoms with Crippen molar-refractivity contribution in [2.75, 3.05) is 0 Å². The minimum Gasteiger partial charge on any atom is -0.430 e. The third-order valence-electron chi connectivity index (χ3n) is 1.60. The van der Waals surface area contributed by atoms with Crippen molar-refractivity contribution >= 4 is 9.24 Å². The molecule has 0 spiro atoms. The molecule has 14 heavy (non-hydrogen) atoms. The SMILES string of the molecule is Cc1ccc(OC(F)(F)C(F)P)cc1. The summed E-state index contributed by atoms with van der Waals surface area (Å²) in [5.41, 5.74) is 0.920. The Labute approximate surface area is 82.5 Å². The van der Waals surface area contributed by atoms with E-state index in [9.17, 15) is 13.2 Å². The average molecular weight is 222 g/mol. The predicted molar refractivity (Wildman–Crippen MR) is 51.4 cm³/mol. The molecular formula is C9H10F3OP. The monoisotopic (exact) mass is 222 g/mol. The highest BCUT2D eigenvalue weighted by Gasteiger charge is 2.40. The Morgan fingerprint density at radius 1 is 1.29 bits per heavy atom. The number of ether oxygens (including phenoxy) is 1. The van der Waals surface area contributed by atoms with Gasteiger partial charge in [0.15, 0.2) is 0 Å². The number of halogens is 3. The molecule has 5 heteroatoms. The highest BCUT2D eigenvalue weighted by molar-refractivity contribution is 7.17. The molecule has 0 N–H and O–H groups in total. The van der Waals surface area contributed by atoms with Crippen molar-refractivity contribution in [3.8, 4) is 5.75 Å². The lowest BCUT2D eigenvalue weighted by Gasteiger charge is -2.18. The van der Waals surface area contributed by atoms with Crippen molar-refractivity contribution in [1.29, 1.82) is 0 Å². The van der Waals surface area contributed by atoms with Gasteiger partial charge in [0.25, 0.3) is 0 Å². The first kappa shape index (κ1) is 11.3. The van der Waals surface area contributed by atoms with Crippen LogP contribution in [0.2, 0.25) is 0 Å². The number of alkyl halides is 3. The molecule has 0 amide bonds. The summed E-state index contributed by atoms with van der Waals surface area (Å²) in [5.74, 6) is -2.46. The standard InChI is InChI=1S/C9H10F3OP/c1-6-2-4-7(5-3-6)13-9(11,12)8(10)14/h2-5,8H,14H2,1H3. The average Bonchev–Trinajstić information content (AvgIpc) is 2.08. The van der Waals surface area contributed by atoms with Crippen LogP contribution >= 0.6 is 9.24 Å². The second-order valence-corrected chi connectivity index (χ2v) is 3.46. The second kappa shape index (κ2) is 4.18. The topological polar surface area (TPSA) is 9.23 Å². The summed E-state index contributed by atoms with van der Waals surface area (Å²) in [6.45, 7) is 1.82. The van der Waals surface area contributed by atoms with Gasteiger partial charge in [0, 0.05) is 0 Å². The predicted octanol–water partition coefficient (Wildman–Crippen LogP) is 3.14. The normalized spacial score (nSPS) is 13.8. The van der Waals surface area contributed by atoms with Crippen molar-refractivity contribution in [2.45, 2.75) is 18.9 Å². The van der Waals surface area contributed by atoms with Crippen LogP contribution in [-0.4, -0.2) is 12.0 Å². The van der Waals surface area contributed by atoms with E-state index < -0.39 is 12.0 Å². The van der Waals surface area contributed by atoms with Crippen LogP contribution < -0.4 is 4.74 Å². The molecule has 2 atom stereocenters. The smallest absolute Gasteiger partial charge is 0.430 e. The Hall–Kier alpha value is -0.760. The quantitative estimate of drug-likeness (QED) is 0.714. The molecule has 0 aliphatic rings. The first-order valence-corrected chi connectivity index (χ1v) is 4.61. The first-order chi connectivity index (χ1) is 6.42. The Balaban J connectivity index is 2.74. The molecule has 0 radical (unpaired) electrons. The Morgan fingerprint density at radius 2 is 1.79 bits per heavy atom. The van der Waals surface area contributed by atoms with E-state index in [0.717, 1.165) is 5.56 Å². The molecule has 0 bridgehead atoms. The Bertz CT molecular complexity index is 297. The maximum atomic E-state index is 12.7. The summed E-state index contributed by atoms with van der Waals surface area (Å²) in [6, 6.07) is 5.97. The van der Waals surface area contributed by atoms with Gasteiger partial charge in [-0.05, 0) is 19.1 Å². The van der Waals surface area contributed by atoms with Crippen LogP contribution in [0.25, 0.3) is 0 Å². The summed E-state index contributed by atoms with van der Waals surface area (Å²) < 4.78 is 42.0. The summed E-state index contributed by atoms with van der Waals surface area (Å²) in [6.07, 6.45) is -3.81. The van der Waals surface area contributed by atoms with Crippen molar-refractivity contribution in [1.82, 2.24) is 0 Å². The lowest BCUT2D eigenvalue weighted by atomic mass is 10.2. The van der Waals surface area contributed by atoms with E-state index in [-0.39, 0.29) is 5.75 Å². The van der Waals surface area contributed by atoms with Crippen molar-refractivity contribution in [3.63, 3.8) is 0 Å². The molecule has 2 unspecified atom stereocenters. The lowest BCUT2D eigenvalue weighted by Crippen LogP contribution is -2.32. The molecule has 0 aliphatic heterocycles. The van der Waals surface area contributed by atoms with Crippen LogP contribution in [0.4, 0.5) is 13.2 Å². The molecule has 1 rings (SSSR count). The highest BCUT2D eigenvalue weighted by Crippen LogP contribution is 2.29. The van der Waals surface area contributed by atoms with E-state index in [2.05, 4.69) is 4.74 Å². The van der Waals surface area contributed by atoms with Gasteiger partial charge in [-0.2, -0.15) is 8.78 Å². The number of rotatable bonds is 3. The van der Waals surface area contributed by atoms with E-state index in [1.54, 1.807) is 12.1 Å². The van der Waals surface area contributed by atoms with Gasteiger partial charge in [-0.25, -0.2) is 4.39 Å². The largest absolute Gasteiger partial charge is 0.433 e. The van der Waals surface area contributed by atoms with Gasteiger partial charge >= 0.3 is 6.11 Å². The van der Waals surface area contributed by atoms with Crippen LogP contribution in [0.1, 0.15) is 5.56 Å². The van der Waals surface area contributed by atoms with Gasteiger partial charge < -0.3 is 4.74 Å². The van der Waals surface area contributed by atoms with E-state index in [0.29, 0.717) is 0 Å². The van der Waals surface area contributed by atoms with Crippen LogP contribution in [0.5, 0.6) is 5.75 Å². The van der Waals surface area contributed by atoms with Crippen LogP contribution in [0.15, 0.2) is 24.3 Å². The minimum absolute atomic E-state index is 0.0503. The molecule has 0 saturated carbocycles. The van der Waals surface area contributed by atoms with Crippen molar-refractivity contribution < 1.29 is 17.9 Å². The van der Waals surface area contributed by atoms with Crippen LogP contribution in [0.3, 0.4) is 0 Å². The highest BCUT2D eigenvalue weighted by atomic mass is 31.0. The molecule has 1 aromatic carbocycles. The fraction of sp³-hybridized carbons (Fsp3) is 0.333. The Morgan fingerprint density at radius 3 is 2.21 bits per heavy atom. The molecule has 0 aromatic heterocycles. The maximum Gasteiger partial charge on any atom is 0.433 e. The Kier molecular flexibility index (Phi) is 3.38. The zero-order valence-corrected chi connectivity index (χ0v) is 8.66. The van der Waals surface area contributed by atoms with E-state index in [1.807, 2.05) is 6.92 Å². The third kappa shape index (κ3) is 2.88. The molecule has 1 aromatic rings. The molecule has 0 fully saturated rings. The molecule has 0 saturated heterocycles. The molecular weight excluding hydrogens is 212 g/mol. The summed E-state index contributed by atoms with van der Waals surface area (Å²) in [7, 11) is 1.37. The van der Waals surface area contributed by atoms with E-state index in [1.165, 1.54) is 21.4 Å². The number of hydrogen-bond donors (Lipinski definition) is 0. The summed E-state index contributed by atoms with van der Waals surface area (Å²) in [5, 5.41) is 0. The summed E-state index contributed by atoms with van der Waals surface area (Å²) >= 11 is 0. The van der Waals surface area contributed by atoms with Gasteiger partial charge in [-0.15, -0.1) is 0 Å². The van der Waals surface area contributed by atoms with Crippen molar-refractivity contribution in [3.05, 3.63) is 29.8 Å². The van der Waals surface area contributed by atoms with Crippen LogP contribution in [-0.2, 0) is 0 Å². The van der Waals surface area contributed by atoms with Crippen LogP contribution in [0, 0.1) is 6.92 Å². The van der Waals surface area contributed by atoms with Gasteiger partial charge in [-0.1, -0.05) is 26.9 Å². The van der Waals surface area contributed by atoms with E-state index >= 15 is 0 Å². The number of hydrogen-bond acceptors (Lipinski definition) is 1. The number of aryl methyl sites for hydroxylation is 1. The molecule has 0 aliphatic carbocycles. The zero-order chi connectivity index (χ0) is 10.8. The maximum absolute atomic E-state index is 12.7. The molecule has 0 heterocycles. The lowest BCUT2D eigenvalue weighted by molar-refractivity contribution is -0.197. The molecule has 1 nitrogen and oxygen atoms in total. The van der Waals surface area contributed by atoms with Crippen molar-refractivity contribution in [2.24, 2.45) is 0 Å². The fourth-order valence-electron chi connectivity index (χ4n) is 0.820.